The predicted octanol–water partition coefficient (Wildman–Crippen LogP) is 4.51. The molecule has 3 aliphatic rings. The standard InChI is InChI=1S/C22H28BrN3O2/c1-25-12-14(13-28-22(27)26-8-3-2-4-9-26)10-16-15-6-5-7-18-20(15)17(11-19(16)25)21(23)24-18/h5-7,14,16,19,24H,2-4,8-13H2,1H3/t14?,16-,19-/m1/s1. The summed E-state index contributed by atoms with van der Waals surface area (Å²) in [5.74, 6) is 0.885. The third-order valence-corrected chi connectivity index (χ3v) is 7.62. The number of carbonyl (C=O) groups is 1. The number of benzene rings is 1. The number of likely N-dealkylation sites (tertiary alicyclic amines) is 2. The fourth-order valence-electron chi connectivity index (χ4n) is 5.57. The summed E-state index contributed by atoms with van der Waals surface area (Å²) >= 11 is 3.73. The van der Waals surface area contributed by atoms with Crippen LogP contribution in [0, 0.1) is 5.92 Å². The Bertz CT molecular complexity index is 889. The van der Waals surface area contributed by atoms with Crippen molar-refractivity contribution >= 4 is 32.9 Å². The average Bonchev–Trinajstić information content (AvgIpc) is 3.04. The van der Waals surface area contributed by atoms with Crippen LogP contribution in [0.2, 0.25) is 0 Å². The number of aromatic amines is 1. The Kier molecular flexibility index (Phi) is 4.87. The van der Waals surface area contributed by atoms with Gasteiger partial charge in [-0.2, -0.15) is 0 Å². The summed E-state index contributed by atoms with van der Waals surface area (Å²) in [5.41, 5.74) is 4.08. The highest BCUT2D eigenvalue weighted by Crippen LogP contribution is 2.46. The van der Waals surface area contributed by atoms with Gasteiger partial charge in [0.25, 0.3) is 0 Å². The summed E-state index contributed by atoms with van der Waals surface area (Å²) in [5, 5.41) is 1.40. The first kappa shape index (κ1) is 18.5. The maximum absolute atomic E-state index is 12.4. The smallest absolute Gasteiger partial charge is 0.409 e. The van der Waals surface area contributed by atoms with Gasteiger partial charge >= 0.3 is 6.09 Å². The molecule has 28 heavy (non-hydrogen) atoms. The van der Waals surface area contributed by atoms with Crippen LogP contribution in [-0.2, 0) is 11.2 Å². The first-order chi connectivity index (χ1) is 13.6. The molecular formula is C22H28BrN3O2. The fraction of sp³-hybridized carbons (Fsp3) is 0.591. The summed E-state index contributed by atoms with van der Waals surface area (Å²) in [4.78, 5) is 20.3. The lowest BCUT2D eigenvalue weighted by Crippen LogP contribution is -2.49. The predicted molar refractivity (Wildman–Crippen MR) is 114 cm³/mol. The third kappa shape index (κ3) is 3.14. The average molecular weight is 446 g/mol. The van der Waals surface area contributed by atoms with Crippen LogP contribution in [-0.4, -0.2) is 60.2 Å². The molecule has 0 spiro atoms. The van der Waals surface area contributed by atoms with Crippen LogP contribution in [0.3, 0.4) is 0 Å². The molecule has 6 heteroatoms. The number of aromatic nitrogens is 1. The Labute approximate surface area is 174 Å². The molecule has 3 heterocycles. The number of carbonyl (C=O) groups excluding carboxylic acids is 1. The van der Waals surface area contributed by atoms with Gasteiger partial charge in [-0.05, 0) is 72.3 Å². The van der Waals surface area contributed by atoms with Crippen molar-refractivity contribution in [3.05, 3.63) is 33.9 Å². The van der Waals surface area contributed by atoms with Crippen molar-refractivity contribution < 1.29 is 9.53 Å². The van der Waals surface area contributed by atoms with E-state index in [0.717, 1.165) is 49.9 Å². The lowest BCUT2D eigenvalue weighted by molar-refractivity contribution is 0.0444. The zero-order valence-electron chi connectivity index (χ0n) is 16.4. The molecule has 2 aromatic rings. The quantitative estimate of drug-likeness (QED) is 0.739. The molecule has 1 amide bonds. The van der Waals surface area contributed by atoms with Crippen LogP contribution in [0.4, 0.5) is 4.79 Å². The summed E-state index contributed by atoms with van der Waals surface area (Å²) < 4.78 is 6.87. The van der Waals surface area contributed by atoms with E-state index in [4.69, 9.17) is 4.74 Å². The van der Waals surface area contributed by atoms with E-state index in [1.54, 1.807) is 0 Å². The number of halogens is 1. The van der Waals surface area contributed by atoms with E-state index in [1.807, 2.05) is 4.90 Å². The minimum atomic E-state index is -0.118. The number of H-pyrrole nitrogens is 1. The monoisotopic (exact) mass is 445 g/mol. The Balaban J connectivity index is 1.33. The topological polar surface area (TPSA) is 48.6 Å². The summed E-state index contributed by atoms with van der Waals surface area (Å²) in [6, 6.07) is 7.13. The Morgan fingerprint density at radius 2 is 2.11 bits per heavy atom. The molecule has 2 saturated heterocycles. The number of nitrogens with one attached hydrogen (secondary N) is 1. The largest absolute Gasteiger partial charge is 0.449 e. The number of hydrogen-bond donors (Lipinski definition) is 1. The van der Waals surface area contributed by atoms with E-state index in [1.165, 1.54) is 28.5 Å². The Hall–Kier alpha value is -1.53. The van der Waals surface area contributed by atoms with Crippen LogP contribution in [0.25, 0.3) is 10.9 Å². The van der Waals surface area contributed by atoms with E-state index in [-0.39, 0.29) is 6.09 Å². The highest BCUT2D eigenvalue weighted by Gasteiger charge is 2.40. The summed E-state index contributed by atoms with van der Waals surface area (Å²) in [7, 11) is 2.22. The van der Waals surface area contributed by atoms with Crippen molar-refractivity contribution in [1.29, 1.82) is 0 Å². The molecule has 5 nitrogen and oxygen atoms in total. The maximum Gasteiger partial charge on any atom is 0.409 e. The van der Waals surface area contributed by atoms with Crippen LogP contribution >= 0.6 is 15.9 Å². The number of nitrogens with zero attached hydrogens (tertiary/aromatic N) is 2. The van der Waals surface area contributed by atoms with Gasteiger partial charge < -0.3 is 19.5 Å². The molecular weight excluding hydrogens is 418 g/mol. The van der Waals surface area contributed by atoms with Gasteiger partial charge in [0.2, 0.25) is 0 Å². The lowest BCUT2D eigenvalue weighted by atomic mass is 9.72. The van der Waals surface area contributed by atoms with Gasteiger partial charge in [-0.25, -0.2) is 4.79 Å². The summed E-state index contributed by atoms with van der Waals surface area (Å²) in [6.07, 6.45) is 5.46. The molecule has 2 aliphatic heterocycles. The molecule has 1 aliphatic carbocycles. The molecule has 1 aromatic heterocycles. The van der Waals surface area contributed by atoms with E-state index in [9.17, 15) is 4.79 Å². The van der Waals surface area contributed by atoms with Crippen molar-refractivity contribution in [2.24, 2.45) is 5.92 Å². The van der Waals surface area contributed by atoms with Crippen molar-refractivity contribution in [3.63, 3.8) is 0 Å². The van der Waals surface area contributed by atoms with E-state index in [2.05, 4.69) is 51.1 Å². The second-order valence-electron chi connectivity index (χ2n) is 8.73. The number of rotatable bonds is 2. The second-order valence-corrected chi connectivity index (χ2v) is 9.52. The molecule has 0 radical (unpaired) electrons. The molecule has 1 aromatic carbocycles. The van der Waals surface area contributed by atoms with Gasteiger partial charge in [0.15, 0.2) is 0 Å². The van der Waals surface area contributed by atoms with E-state index in [0.29, 0.717) is 24.5 Å². The molecule has 2 fully saturated rings. The zero-order chi connectivity index (χ0) is 19.3. The van der Waals surface area contributed by atoms with Gasteiger partial charge in [-0.15, -0.1) is 0 Å². The Morgan fingerprint density at radius 1 is 1.29 bits per heavy atom. The molecule has 0 saturated carbocycles. The number of amides is 1. The minimum absolute atomic E-state index is 0.118. The minimum Gasteiger partial charge on any atom is -0.449 e. The van der Waals surface area contributed by atoms with Crippen molar-refractivity contribution in [3.8, 4) is 0 Å². The SMILES string of the molecule is CN1CC(COC(=O)N2CCCCC2)C[C@@H]2c3cccc4[nH]c(Br)c(c34)C[C@H]21. The van der Waals surface area contributed by atoms with Gasteiger partial charge in [0.05, 0.1) is 11.2 Å². The number of fused-ring (bicyclic) bond motifs is 2. The molecule has 1 unspecified atom stereocenters. The van der Waals surface area contributed by atoms with Crippen LogP contribution in [0.15, 0.2) is 22.8 Å². The number of piperidine rings is 2. The Morgan fingerprint density at radius 3 is 2.93 bits per heavy atom. The molecule has 150 valence electrons. The van der Waals surface area contributed by atoms with Gasteiger partial charge in [0.1, 0.15) is 0 Å². The molecule has 5 rings (SSSR count). The van der Waals surface area contributed by atoms with Gasteiger partial charge in [0, 0.05) is 48.4 Å². The van der Waals surface area contributed by atoms with E-state index >= 15 is 0 Å². The third-order valence-electron chi connectivity index (χ3n) is 6.94. The zero-order valence-corrected chi connectivity index (χ0v) is 18.0. The normalized spacial score (nSPS) is 27.6. The number of hydrogen-bond acceptors (Lipinski definition) is 3. The van der Waals surface area contributed by atoms with Crippen molar-refractivity contribution in [1.82, 2.24) is 14.8 Å². The number of likely N-dealkylation sites (N-methyl/N-ethyl adjacent to an activating group) is 1. The van der Waals surface area contributed by atoms with Crippen LogP contribution in [0.1, 0.15) is 42.7 Å². The first-order valence-electron chi connectivity index (χ1n) is 10.5. The van der Waals surface area contributed by atoms with Crippen LogP contribution < -0.4 is 0 Å². The highest BCUT2D eigenvalue weighted by atomic mass is 79.9. The van der Waals surface area contributed by atoms with Crippen molar-refractivity contribution in [2.45, 2.75) is 44.1 Å². The fourth-order valence-corrected chi connectivity index (χ4v) is 6.15. The highest BCUT2D eigenvalue weighted by molar-refractivity contribution is 9.10. The summed E-state index contributed by atoms with van der Waals surface area (Å²) in [6.45, 7) is 3.22. The molecule has 3 atom stereocenters. The number of ether oxygens (including phenoxy) is 1. The maximum atomic E-state index is 12.4. The van der Waals surface area contributed by atoms with Gasteiger partial charge in [-0.3, -0.25) is 0 Å². The van der Waals surface area contributed by atoms with Crippen LogP contribution in [0.5, 0.6) is 0 Å². The first-order valence-corrected chi connectivity index (χ1v) is 11.3. The molecule has 0 bridgehead atoms. The lowest BCUT2D eigenvalue weighted by Gasteiger charge is -2.45. The van der Waals surface area contributed by atoms with Gasteiger partial charge in [-0.1, -0.05) is 12.1 Å². The van der Waals surface area contributed by atoms with E-state index < -0.39 is 0 Å². The van der Waals surface area contributed by atoms with Crippen molar-refractivity contribution in [2.75, 3.05) is 33.3 Å². The molecule has 1 N–H and O–H groups in total. The second kappa shape index (κ2) is 7.38.